The lowest BCUT2D eigenvalue weighted by atomic mass is 10.1. The predicted molar refractivity (Wildman–Crippen MR) is 74.3 cm³/mol. The fourth-order valence-electron chi connectivity index (χ4n) is 1.46. The fourth-order valence-corrected chi connectivity index (χ4v) is 2.76. The van der Waals surface area contributed by atoms with Crippen molar-refractivity contribution in [3.8, 4) is 6.07 Å². The molecule has 0 saturated carbocycles. The summed E-state index contributed by atoms with van der Waals surface area (Å²) in [4.78, 5) is 12.3. The number of nitrogens with zero attached hydrogens (tertiary/aromatic N) is 1. The van der Waals surface area contributed by atoms with Crippen molar-refractivity contribution in [2.45, 2.75) is 6.54 Å². The lowest BCUT2D eigenvalue weighted by molar-refractivity contribution is 0.0954. The highest BCUT2D eigenvalue weighted by molar-refractivity contribution is 9.11. The Morgan fingerprint density at radius 1 is 1.42 bits per heavy atom. The fraction of sp³-hybridized carbons (Fsp3) is 0.0769. The summed E-state index contributed by atoms with van der Waals surface area (Å²) in [6.07, 6.45) is 0. The summed E-state index contributed by atoms with van der Waals surface area (Å²) in [6.45, 7) is 0.0892. The van der Waals surface area contributed by atoms with Crippen LogP contribution in [-0.4, -0.2) is 5.91 Å². The Morgan fingerprint density at radius 2 is 2.21 bits per heavy atom. The Hall–Kier alpha value is -1.71. The molecule has 0 aliphatic carbocycles. The van der Waals surface area contributed by atoms with Crippen LogP contribution in [0.1, 0.15) is 20.8 Å². The Labute approximate surface area is 121 Å². The quantitative estimate of drug-likeness (QED) is 0.931. The van der Waals surface area contributed by atoms with Crippen LogP contribution in [0.5, 0.6) is 0 Å². The van der Waals surface area contributed by atoms with Gasteiger partial charge in [0.05, 0.1) is 20.3 Å². The van der Waals surface area contributed by atoms with Gasteiger partial charge < -0.3 is 5.32 Å². The minimum atomic E-state index is -0.494. The summed E-state index contributed by atoms with van der Waals surface area (Å²) in [5.41, 5.74) is 0.609. The molecule has 1 heterocycles. The maximum Gasteiger partial charge on any atom is 0.261 e. The standard InChI is InChI=1S/C13H8BrFN2OS/c14-12-4-3-11(19-12)13(18)17-7-9-2-1-8(6-16)5-10(9)15/h1-5H,7H2,(H,17,18). The zero-order valence-electron chi connectivity index (χ0n) is 9.61. The molecule has 1 aromatic heterocycles. The molecule has 0 spiro atoms. The van der Waals surface area contributed by atoms with Gasteiger partial charge in [-0.25, -0.2) is 4.39 Å². The van der Waals surface area contributed by atoms with Gasteiger partial charge >= 0.3 is 0 Å². The van der Waals surface area contributed by atoms with Crippen LogP contribution in [0.25, 0.3) is 0 Å². The van der Waals surface area contributed by atoms with Gasteiger partial charge in [0.25, 0.3) is 5.91 Å². The van der Waals surface area contributed by atoms with Crippen LogP contribution >= 0.6 is 27.3 Å². The molecule has 2 aromatic rings. The minimum absolute atomic E-state index is 0.0892. The van der Waals surface area contributed by atoms with Gasteiger partial charge in [0.15, 0.2) is 0 Å². The van der Waals surface area contributed by atoms with Gasteiger partial charge in [0.1, 0.15) is 5.82 Å². The van der Waals surface area contributed by atoms with E-state index in [1.165, 1.54) is 23.5 Å². The van der Waals surface area contributed by atoms with Crippen molar-refractivity contribution in [3.05, 3.63) is 55.9 Å². The molecule has 0 unspecified atom stereocenters. The van der Waals surface area contributed by atoms with E-state index in [0.717, 1.165) is 9.85 Å². The van der Waals surface area contributed by atoms with E-state index in [2.05, 4.69) is 21.2 Å². The number of carbonyl (C=O) groups excluding carboxylic acids is 1. The molecule has 0 aliphatic heterocycles. The molecular formula is C13H8BrFN2OS. The maximum atomic E-state index is 13.6. The molecule has 19 heavy (non-hydrogen) atoms. The summed E-state index contributed by atoms with van der Waals surface area (Å²) < 4.78 is 14.4. The van der Waals surface area contributed by atoms with E-state index in [-0.39, 0.29) is 18.0 Å². The first-order chi connectivity index (χ1) is 9.10. The van der Waals surface area contributed by atoms with Crippen molar-refractivity contribution >= 4 is 33.2 Å². The normalized spacial score (nSPS) is 9.95. The van der Waals surface area contributed by atoms with Crippen molar-refractivity contribution < 1.29 is 9.18 Å². The third-order valence-corrected chi connectivity index (χ3v) is 4.04. The zero-order valence-corrected chi connectivity index (χ0v) is 12.0. The van der Waals surface area contributed by atoms with Crippen LogP contribution in [-0.2, 0) is 6.54 Å². The van der Waals surface area contributed by atoms with Gasteiger partial charge in [-0.1, -0.05) is 6.07 Å². The van der Waals surface area contributed by atoms with Crippen molar-refractivity contribution in [1.82, 2.24) is 5.32 Å². The van der Waals surface area contributed by atoms with Gasteiger partial charge in [-0.05, 0) is 40.2 Å². The number of halogens is 2. The van der Waals surface area contributed by atoms with E-state index in [0.29, 0.717) is 10.4 Å². The second-order valence-electron chi connectivity index (χ2n) is 3.70. The van der Waals surface area contributed by atoms with Crippen LogP contribution in [0.3, 0.4) is 0 Å². The molecule has 3 nitrogen and oxygen atoms in total. The molecular weight excluding hydrogens is 331 g/mol. The van der Waals surface area contributed by atoms with Crippen molar-refractivity contribution in [3.63, 3.8) is 0 Å². The zero-order chi connectivity index (χ0) is 13.8. The van der Waals surface area contributed by atoms with E-state index in [4.69, 9.17) is 5.26 Å². The number of carbonyl (C=O) groups is 1. The Balaban J connectivity index is 2.03. The largest absolute Gasteiger partial charge is 0.347 e. The first kappa shape index (κ1) is 13.7. The first-order valence-electron chi connectivity index (χ1n) is 5.32. The van der Waals surface area contributed by atoms with E-state index in [9.17, 15) is 9.18 Å². The van der Waals surface area contributed by atoms with E-state index in [1.54, 1.807) is 12.1 Å². The van der Waals surface area contributed by atoms with Gasteiger partial charge in [-0.2, -0.15) is 5.26 Å². The van der Waals surface area contributed by atoms with Crippen molar-refractivity contribution in [2.75, 3.05) is 0 Å². The third kappa shape index (κ3) is 3.40. The van der Waals surface area contributed by atoms with E-state index >= 15 is 0 Å². The molecule has 0 radical (unpaired) electrons. The number of hydrogen-bond acceptors (Lipinski definition) is 3. The number of nitriles is 1. The lowest BCUT2D eigenvalue weighted by Crippen LogP contribution is -2.22. The molecule has 2 rings (SSSR count). The second kappa shape index (κ2) is 5.95. The molecule has 0 fully saturated rings. The summed E-state index contributed by atoms with van der Waals surface area (Å²) in [7, 11) is 0. The van der Waals surface area contributed by atoms with Gasteiger partial charge in [0, 0.05) is 12.1 Å². The molecule has 0 saturated heterocycles. The predicted octanol–water partition coefficient (Wildman–Crippen LogP) is 3.45. The molecule has 1 aromatic carbocycles. The summed E-state index contributed by atoms with van der Waals surface area (Å²) >= 11 is 4.58. The molecule has 1 amide bonds. The lowest BCUT2D eigenvalue weighted by Gasteiger charge is -2.05. The van der Waals surface area contributed by atoms with Gasteiger partial charge in [-0.3, -0.25) is 4.79 Å². The number of nitrogens with one attached hydrogen (secondary N) is 1. The van der Waals surface area contributed by atoms with Crippen molar-refractivity contribution in [2.24, 2.45) is 0 Å². The van der Waals surface area contributed by atoms with Gasteiger partial charge in [-0.15, -0.1) is 11.3 Å². The first-order valence-corrected chi connectivity index (χ1v) is 6.93. The molecule has 0 bridgehead atoms. The van der Waals surface area contributed by atoms with Crippen LogP contribution in [0.4, 0.5) is 4.39 Å². The van der Waals surface area contributed by atoms with Crippen molar-refractivity contribution in [1.29, 1.82) is 5.26 Å². The van der Waals surface area contributed by atoms with E-state index < -0.39 is 5.82 Å². The highest BCUT2D eigenvalue weighted by Crippen LogP contribution is 2.22. The van der Waals surface area contributed by atoms with Crippen LogP contribution in [0, 0.1) is 17.1 Å². The third-order valence-electron chi connectivity index (χ3n) is 2.42. The van der Waals surface area contributed by atoms with Crippen LogP contribution < -0.4 is 5.32 Å². The molecule has 96 valence electrons. The van der Waals surface area contributed by atoms with Crippen LogP contribution in [0.2, 0.25) is 0 Å². The summed E-state index contributed by atoms with van der Waals surface area (Å²) in [5, 5.41) is 11.3. The molecule has 0 aliphatic rings. The number of benzene rings is 1. The Kier molecular flexibility index (Phi) is 4.30. The molecule has 0 atom stereocenters. The monoisotopic (exact) mass is 338 g/mol. The Bertz CT molecular complexity index is 663. The highest BCUT2D eigenvalue weighted by Gasteiger charge is 2.09. The average Bonchev–Trinajstić information content (AvgIpc) is 2.83. The molecule has 6 heteroatoms. The van der Waals surface area contributed by atoms with E-state index in [1.807, 2.05) is 6.07 Å². The Morgan fingerprint density at radius 3 is 2.79 bits per heavy atom. The average molecular weight is 339 g/mol. The second-order valence-corrected chi connectivity index (χ2v) is 6.17. The SMILES string of the molecule is N#Cc1ccc(CNC(=O)c2ccc(Br)s2)c(F)c1. The number of amides is 1. The minimum Gasteiger partial charge on any atom is -0.347 e. The topological polar surface area (TPSA) is 52.9 Å². The summed E-state index contributed by atoms with van der Waals surface area (Å²) in [6, 6.07) is 9.51. The highest BCUT2D eigenvalue weighted by atomic mass is 79.9. The number of thiophene rings is 1. The molecule has 1 N–H and O–H groups in total. The van der Waals surface area contributed by atoms with Crippen LogP contribution in [0.15, 0.2) is 34.1 Å². The summed E-state index contributed by atoms with van der Waals surface area (Å²) in [5.74, 6) is -0.744. The number of hydrogen-bond donors (Lipinski definition) is 1. The maximum absolute atomic E-state index is 13.6. The number of rotatable bonds is 3. The van der Waals surface area contributed by atoms with Gasteiger partial charge in [0.2, 0.25) is 0 Å². The smallest absolute Gasteiger partial charge is 0.261 e.